The zero-order valence-corrected chi connectivity index (χ0v) is 16.5. The molecule has 2 N–H and O–H groups in total. The van der Waals surface area contributed by atoms with Gasteiger partial charge in [-0.25, -0.2) is 0 Å². The summed E-state index contributed by atoms with van der Waals surface area (Å²) in [6.07, 6.45) is 4.29. The molecule has 1 aliphatic rings. The number of likely N-dealkylation sites (N-methyl/N-ethyl adjacent to an activating group) is 1. The Morgan fingerprint density at radius 3 is 2.60 bits per heavy atom. The SMILES string of the molecule is CCNC(=NCC(C)(C)N(C)C)NCC(c1ccco1)N1CCCC1. The van der Waals surface area contributed by atoms with Crippen molar-refractivity contribution in [2.45, 2.75) is 45.2 Å². The molecule has 0 radical (unpaired) electrons. The molecule has 1 saturated heterocycles. The van der Waals surface area contributed by atoms with Crippen LogP contribution in [0.4, 0.5) is 0 Å². The average molecular weight is 350 g/mol. The first kappa shape index (κ1) is 19.8. The van der Waals surface area contributed by atoms with Gasteiger partial charge in [-0.1, -0.05) is 0 Å². The van der Waals surface area contributed by atoms with E-state index in [4.69, 9.17) is 9.41 Å². The Bertz CT molecular complexity index is 518. The molecule has 2 heterocycles. The van der Waals surface area contributed by atoms with Gasteiger partial charge in [0, 0.05) is 18.6 Å². The van der Waals surface area contributed by atoms with Crippen molar-refractivity contribution >= 4 is 5.96 Å². The fourth-order valence-corrected chi connectivity index (χ4v) is 2.89. The minimum Gasteiger partial charge on any atom is -0.468 e. The van der Waals surface area contributed by atoms with Crippen LogP contribution in [0.2, 0.25) is 0 Å². The number of nitrogens with one attached hydrogen (secondary N) is 2. The van der Waals surface area contributed by atoms with Crippen molar-refractivity contribution in [3.05, 3.63) is 24.2 Å². The van der Waals surface area contributed by atoms with Crippen LogP contribution >= 0.6 is 0 Å². The van der Waals surface area contributed by atoms with Crippen LogP contribution in [-0.2, 0) is 0 Å². The summed E-state index contributed by atoms with van der Waals surface area (Å²) in [5.74, 6) is 1.90. The van der Waals surface area contributed by atoms with Gasteiger partial charge in [0.2, 0.25) is 0 Å². The standard InChI is InChI=1S/C19H35N5O/c1-6-20-18(22-15-19(2,3)23(4)5)21-14-16(17-10-9-13-25-17)24-11-7-8-12-24/h9-10,13,16H,6-8,11-12,14-15H2,1-5H3,(H2,20,21,22). The molecule has 25 heavy (non-hydrogen) atoms. The van der Waals surface area contributed by atoms with E-state index < -0.39 is 0 Å². The van der Waals surface area contributed by atoms with Crippen LogP contribution in [0.5, 0.6) is 0 Å². The van der Waals surface area contributed by atoms with Crippen LogP contribution in [-0.4, -0.2) is 68.1 Å². The van der Waals surface area contributed by atoms with Gasteiger partial charge in [0.25, 0.3) is 0 Å². The third kappa shape index (κ3) is 5.75. The summed E-state index contributed by atoms with van der Waals surface area (Å²) < 4.78 is 5.70. The zero-order chi connectivity index (χ0) is 18.3. The highest BCUT2D eigenvalue weighted by Crippen LogP contribution is 2.24. The van der Waals surface area contributed by atoms with E-state index in [0.29, 0.717) is 0 Å². The van der Waals surface area contributed by atoms with Gasteiger partial charge in [-0.05, 0) is 72.9 Å². The molecule has 1 aliphatic heterocycles. The first-order valence-electron chi connectivity index (χ1n) is 9.41. The van der Waals surface area contributed by atoms with E-state index in [9.17, 15) is 0 Å². The second kappa shape index (κ2) is 9.25. The second-order valence-corrected chi connectivity index (χ2v) is 7.56. The van der Waals surface area contributed by atoms with Gasteiger partial charge in [-0.2, -0.15) is 0 Å². The Hall–Kier alpha value is -1.53. The number of likely N-dealkylation sites (tertiary alicyclic amines) is 1. The number of hydrogen-bond acceptors (Lipinski definition) is 4. The van der Waals surface area contributed by atoms with Gasteiger partial charge >= 0.3 is 0 Å². The molecule has 0 aliphatic carbocycles. The maximum absolute atomic E-state index is 5.70. The highest BCUT2D eigenvalue weighted by Gasteiger charge is 2.26. The van der Waals surface area contributed by atoms with Crippen LogP contribution in [0.15, 0.2) is 27.8 Å². The number of hydrogen-bond donors (Lipinski definition) is 2. The highest BCUT2D eigenvalue weighted by atomic mass is 16.3. The summed E-state index contributed by atoms with van der Waals surface area (Å²) in [6, 6.07) is 4.30. The number of guanidine groups is 1. The van der Waals surface area contributed by atoms with Crippen LogP contribution in [0.1, 0.15) is 45.4 Å². The molecule has 0 spiro atoms. The largest absolute Gasteiger partial charge is 0.468 e. The molecule has 0 aromatic carbocycles. The third-order valence-electron chi connectivity index (χ3n) is 5.09. The topological polar surface area (TPSA) is 56.0 Å². The summed E-state index contributed by atoms with van der Waals surface area (Å²) in [4.78, 5) is 9.49. The summed E-state index contributed by atoms with van der Waals surface area (Å²) >= 11 is 0. The van der Waals surface area contributed by atoms with E-state index in [-0.39, 0.29) is 11.6 Å². The first-order chi connectivity index (χ1) is 11.9. The van der Waals surface area contributed by atoms with Crippen LogP contribution in [0.25, 0.3) is 0 Å². The average Bonchev–Trinajstić information content (AvgIpc) is 3.26. The van der Waals surface area contributed by atoms with Crippen molar-refractivity contribution < 1.29 is 4.42 Å². The lowest BCUT2D eigenvalue weighted by molar-refractivity contribution is 0.204. The molecule has 0 amide bonds. The van der Waals surface area contributed by atoms with Crippen molar-refractivity contribution in [3.8, 4) is 0 Å². The Balaban J connectivity index is 2.01. The Morgan fingerprint density at radius 1 is 1.32 bits per heavy atom. The molecule has 6 heteroatoms. The summed E-state index contributed by atoms with van der Waals surface area (Å²) in [6.45, 7) is 11.2. The Labute approximate surface area is 152 Å². The number of rotatable bonds is 8. The van der Waals surface area contributed by atoms with E-state index in [1.54, 1.807) is 6.26 Å². The fraction of sp³-hybridized carbons (Fsp3) is 0.737. The monoisotopic (exact) mass is 349 g/mol. The van der Waals surface area contributed by atoms with Gasteiger partial charge in [0.05, 0.1) is 18.8 Å². The minimum absolute atomic E-state index is 0.0255. The smallest absolute Gasteiger partial charge is 0.191 e. The van der Waals surface area contributed by atoms with Gasteiger partial charge in [0.1, 0.15) is 5.76 Å². The second-order valence-electron chi connectivity index (χ2n) is 7.56. The summed E-state index contributed by atoms with van der Waals surface area (Å²) in [5, 5.41) is 6.87. The molecule has 1 aromatic heterocycles. The molecular formula is C19H35N5O. The molecule has 6 nitrogen and oxygen atoms in total. The lowest BCUT2D eigenvalue weighted by atomic mass is 10.1. The lowest BCUT2D eigenvalue weighted by Gasteiger charge is -2.31. The first-order valence-corrected chi connectivity index (χ1v) is 9.41. The maximum Gasteiger partial charge on any atom is 0.191 e. The van der Waals surface area contributed by atoms with E-state index in [0.717, 1.165) is 44.4 Å². The molecule has 1 atom stereocenters. The maximum atomic E-state index is 5.70. The van der Waals surface area contributed by atoms with Crippen molar-refractivity contribution in [1.82, 2.24) is 20.4 Å². The van der Waals surface area contributed by atoms with Crippen molar-refractivity contribution in [2.24, 2.45) is 4.99 Å². The molecular weight excluding hydrogens is 314 g/mol. The molecule has 1 unspecified atom stereocenters. The molecule has 0 saturated carbocycles. The van der Waals surface area contributed by atoms with Gasteiger partial charge < -0.3 is 20.0 Å². The lowest BCUT2D eigenvalue weighted by Crippen LogP contribution is -2.45. The van der Waals surface area contributed by atoms with Crippen molar-refractivity contribution in [3.63, 3.8) is 0 Å². The number of nitrogens with zero attached hydrogens (tertiary/aromatic N) is 3. The number of aliphatic imine (C=N–C) groups is 1. The molecule has 0 bridgehead atoms. The van der Waals surface area contributed by atoms with E-state index in [1.807, 2.05) is 6.07 Å². The van der Waals surface area contributed by atoms with E-state index in [1.165, 1.54) is 12.8 Å². The van der Waals surface area contributed by atoms with Gasteiger partial charge in [-0.3, -0.25) is 9.89 Å². The predicted molar refractivity (Wildman–Crippen MR) is 104 cm³/mol. The molecule has 142 valence electrons. The quantitative estimate of drug-likeness (QED) is 0.557. The molecule has 1 fully saturated rings. The minimum atomic E-state index is 0.0255. The van der Waals surface area contributed by atoms with Crippen LogP contribution in [0, 0.1) is 0 Å². The number of furan rings is 1. The molecule has 2 rings (SSSR count). The fourth-order valence-electron chi connectivity index (χ4n) is 2.89. The van der Waals surface area contributed by atoms with Gasteiger partial charge in [0.15, 0.2) is 5.96 Å². The van der Waals surface area contributed by atoms with E-state index >= 15 is 0 Å². The van der Waals surface area contributed by atoms with Crippen molar-refractivity contribution in [2.75, 3.05) is 46.8 Å². The zero-order valence-electron chi connectivity index (χ0n) is 16.5. The normalized spacial score (nSPS) is 17.9. The third-order valence-corrected chi connectivity index (χ3v) is 5.09. The summed E-state index contributed by atoms with van der Waals surface area (Å²) in [5.41, 5.74) is 0.0255. The van der Waals surface area contributed by atoms with E-state index in [2.05, 4.69) is 61.4 Å². The Kier molecular flexibility index (Phi) is 7.32. The Morgan fingerprint density at radius 2 is 2.04 bits per heavy atom. The van der Waals surface area contributed by atoms with Crippen molar-refractivity contribution in [1.29, 1.82) is 0 Å². The predicted octanol–water partition coefficient (Wildman–Crippen LogP) is 2.31. The van der Waals surface area contributed by atoms with Crippen LogP contribution in [0.3, 0.4) is 0 Å². The van der Waals surface area contributed by atoms with Gasteiger partial charge in [-0.15, -0.1) is 0 Å². The molecule has 1 aromatic rings. The highest BCUT2D eigenvalue weighted by molar-refractivity contribution is 5.79. The van der Waals surface area contributed by atoms with Crippen LogP contribution < -0.4 is 10.6 Å². The summed E-state index contributed by atoms with van der Waals surface area (Å²) in [7, 11) is 4.19.